The van der Waals surface area contributed by atoms with Crippen molar-refractivity contribution in [1.29, 1.82) is 0 Å². The number of hydrogen-bond acceptors (Lipinski definition) is 4. The number of halogens is 3. The molecule has 0 heterocycles. The Morgan fingerprint density at radius 3 is 2.33 bits per heavy atom. The highest BCUT2D eigenvalue weighted by Crippen LogP contribution is 2.17. The van der Waals surface area contributed by atoms with Gasteiger partial charge in [-0.1, -0.05) is 12.1 Å². The second-order valence-corrected chi connectivity index (χ2v) is 3.34. The number of nitrogens with two attached hydrogens (primary N) is 1. The number of hydroxylamine groups is 1. The molecule has 1 aromatic rings. The molecular formula is C10H10F3N3O2. The fourth-order valence-corrected chi connectivity index (χ4v) is 1.18. The second-order valence-electron chi connectivity index (χ2n) is 3.34. The molecule has 0 radical (unpaired) electrons. The molecule has 0 aliphatic heterocycles. The lowest BCUT2D eigenvalue weighted by atomic mass is 10.1. The third-order valence-corrected chi connectivity index (χ3v) is 2.00. The van der Waals surface area contributed by atoms with E-state index in [1.165, 1.54) is 24.3 Å². The Labute approximate surface area is 100 Å². The minimum Gasteiger partial charge on any atom is -0.366 e. The lowest BCUT2D eigenvalue weighted by Crippen LogP contribution is -2.18. The zero-order valence-corrected chi connectivity index (χ0v) is 8.98. The lowest BCUT2D eigenvalue weighted by Gasteiger charge is -2.11. The predicted octanol–water partition coefficient (Wildman–Crippen LogP) is 1.40. The minimum absolute atomic E-state index is 0.204. The molecule has 0 aliphatic carbocycles. The molecule has 98 valence electrons. The van der Waals surface area contributed by atoms with Crippen LogP contribution in [0.25, 0.3) is 0 Å². The van der Waals surface area contributed by atoms with Crippen molar-refractivity contribution in [3.05, 3.63) is 35.4 Å². The molecule has 8 heteroatoms. The van der Waals surface area contributed by atoms with Crippen LogP contribution in [-0.2, 0) is 0 Å². The van der Waals surface area contributed by atoms with Gasteiger partial charge in [0.2, 0.25) is 5.91 Å². The molecule has 18 heavy (non-hydrogen) atoms. The predicted molar refractivity (Wildman–Crippen MR) is 57.2 cm³/mol. The number of hydrogen-bond donors (Lipinski definition) is 3. The van der Waals surface area contributed by atoms with Crippen LogP contribution in [0.2, 0.25) is 0 Å². The third-order valence-electron chi connectivity index (χ3n) is 2.00. The third kappa shape index (κ3) is 4.15. The number of nitrogens with zero attached hydrogens (tertiary/aromatic N) is 1. The standard InChI is InChI=1S/C10H10F3N3O2/c11-10(12,13)5-15-9(16-18)7-3-1-6(2-4-7)8(14)17/h1-5,9,16,18H,(H2,14,17)/b15-5+. The molecule has 1 rings (SSSR count). The molecule has 5 nitrogen and oxygen atoms in total. The van der Waals surface area contributed by atoms with E-state index < -0.39 is 18.2 Å². The van der Waals surface area contributed by atoms with E-state index in [9.17, 15) is 18.0 Å². The molecule has 0 saturated heterocycles. The van der Waals surface area contributed by atoms with E-state index in [4.69, 9.17) is 10.9 Å². The number of carbonyl (C=O) groups excluding carboxylic acids is 1. The highest BCUT2D eigenvalue weighted by molar-refractivity contribution is 5.92. The van der Waals surface area contributed by atoms with E-state index >= 15 is 0 Å². The van der Waals surface area contributed by atoms with E-state index in [0.717, 1.165) is 0 Å². The number of rotatable bonds is 4. The molecule has 1 amide bonds. The number of aliphatic imine (C=N–C) groups is 1. The first-order chi connectivity index (χ1) is 8.33. The maximum atomic E-state index is 11.9. The molecule has 1 unspecified atom stereocenters. The monoisotopic (exact) mass is 261 g/mol. The molecule has 0 aromatic heterocycles. The summed E-state index contributed by atoms with van der Waals surface area (Å²) in [6.45, 7) is 0. The van der Waals surface area contributed by atoms with Crippen molar-refractivity contribution < 1.29 is 23.2 Å². The maximum absolute atomic E-state index is 11.9. The van der Waals surface area contributed by atoms with Crippen molar-refractivity contribution in [1.82, 2.24) is 5.48 Å². The summed E-state index contributed by atoms with van der Waals surface area (Å²) in [6.07, 6.45) is -6.07. The summed E-state index contributed by atoms with van der Waals surface area (Å²) in [4.78, 5) is 13.9. The first-order valence-corrected chi connectivity index (χ1v) is 4.74. The first kappa shape index (κ1) is 14.1. The number of nitrogens with one attached hydrogen (secondary N) is 1. The zero-order valence-electron chi connectivity index (χ0n) is 8.98. The van der Waals surface area contributed by atoms with Crippen molar-refractivity contribution in [2.45, 2.75) is 12.3 Å². The Hall–Kier alpha value is -1.93. The minimum atomic E-state index is -4.57. The zero-order chi connectivity index (χ0) is 13.8. The summed E-state index contributed by atoms with van der Waals surface area (Å²) in [5, 5.41) is 8.73. The Balaban J connectivity index is 2.89. The quantitative estimate of drug-likeness (QED) is 0.565. The van der Waals surface area contributed by atoms with Gasteiger partial charge in [0.15, 0.2) is 0 Å². The van der Waals surface area contributed by atoms with Crippen molar-refractivity contribution >= 4 is 12.1 Å². The number of carbonyl (C=O) groups is 1. The summed E-state index contributed by atoms with van der Waals surface area (Å²) in [6, 6.07) is 5.32. The molecule has 0 spiro atoms. The van der Waals surface area contributed by atoms with E-state index in [1.54, 1.807) is 5.48 Å². The normalized spacial score (nSPS) is 13.8. The van der Waals surface area contributed by atoms with E-state index in [-0.39, 0.29) is 17.3 Å². The van der Waals surface area contributed by atoms with E-state index in [2.05, 4.69) is 4.99 Å². The van der Waals surface area contributed by atoms with E-state index in [1.807, 2.05) is 0 Å². The van der Waals surface area contributed by atoms with Gasteiger partial charge in [0.25, 0.3) is 0 Å². The van der Waals surface area contributed by atoms with Crippen LogP contribution in [0.5, 0.6) is 0 Å². The van der Waals surface area contributed by atoms with Crippen molar-refractivity contribution in [3.63, 3.8) is 0 Å². The van der Waals surface area contributed by atoms with Crippen LogP contribution in [0.4, 0.5) is 13.2 Å². The number of alkyl halides is 3. The van der Waals surface area contributed by atoms with Crippen LogP contribution in [0.1, 0.15) is 22.1 Å². The van der Waals surface area contributed by atoms with Gasteiger partial charge < -0.3 is 10.9 Å². The van der Waals surface area contributed by atoms with Crippen LogP contribution >= 0.6 is 0 Å². The SMILES string of the molecule is NC(=O)c1ccc(C(/N=C/C(F)(F)F)NO)cc1. The summed E-state index contributed by atoms with van der Waals surface area (Å²) >= 11 is 0. The van der Waals surface area contributed by atoms with E-state index in [0.29, 0.717) is 0 Å². The smallest absolute Gasteiger partial charge is 0.366 e. The fraction of sp³-hybridized carbons (Fsp3) is 0.200. The molecule has 0 bridgehead atoms. The average molecular weight is 261 g/mol. The van der Waals surface area contributed by atoms with Gasteiger partial charge in [0, 0.05) is 5.56 Å². The van der Waals surface area contributed by atoms with Crippen LogP contribution in [-0.4, -0.2) is 23.5 Å². The van der Waals surface area contributed by atoms with Gasteiger partial charge in [-0.15, -0.1) is 0 Å². The van der Waals surface area contributed by atoms with Crippen LogP contribution in [0.15, 0.2) is 29.3 Å². The molecule has 4 N–H and O–H groups in total. The summed E-state index contributed by atoms with van der Waals surface area (Å²) in [7, 11) is 0. The van der Waals surface area contributed by atoms with Crippen LogP contribution in [0.3, 0.4) is 0 Å². The highest BCUT2D eigenvalue weighted by atomic mass is 19.4. The lowest BCUT2D eigenvalue weighted by molar-refractivity contribution is -0.0542. The Bertz CT molecular complexity index is 443. The maximum Gasteiger partial charge on any atom is 0.426 e. The molecular weight excluding hydrogens is 251 g/mol. The van der Waals surface area contributed by atoms with Crippen molar-refractivity contribution in [2.75, 3.05) is 0 Å². The van der Waals surface area contributed by atoms with Crippen LogP contribution in [0, 0.1) is 0 Å². The topological polar surface area (TPSA) is 87.7 Å². The molecule has 1 aromatic carbocycles. The second kappa shape index (κ2) is 5.61. The Morgan fingerprint density at radius 1 is 1.39 bits per heavy atom. The fourth-order valence-electron chi connectivity index (χ4n) is 1.18. The molecule has 0 saturated carbocycles. The molecule has 0 fully saturated rings. The van der Waals surface area contributed by atoms with Gasteiger partial charge in [-0.3, -0.25) is 9.79 Å². The summed E-state index contributed by atoms with van der Waals surface area (Å²) in [5.41, 5.74) is 7.09. The van der Waals surface area contributed by atoms with Gasteiger partial charge >= 0.3 is 6.18 Å². The number of primary amides is 1. The van der Waals surface area contributed by atoms with Gasteiger partial charge in [-0.05, 0) is 17.7 Å². The largest absolute Gasteiger partial charge is 0.426 e. The van der Waals surface area contributed by atoms with Gasteiger partial charge in [-0.25, -0.2) is 0 Å². The average Bonchev–Trinajstić information content (AvgIpc) is 2.29. The van der Waals surface area contributed by atoms with Crippen molar-refractivity contribution in [2.24, 2.45) is 10.7 Å². The van der Waals surface area contributed by atoms with Crippen molar-refractivity contribution in [3.8, 4) is 0 Å². The van der Waals surface area contributed by atoms with Gasteiger partial charge in [0.1, 0.15) is 12.4 Å². The Morgan fingerprint density at radius 2 is 1.94 bits per heavy atom. The highest BCUT2D eigenvalue weighted by Gasteiger charge is 2.24. The molecule has 1 atom stereocenters. The molecule has 0 aliphatic rings. The Kier molecular flexibility index (Phi) is 4.40. The first-order valence-electron chi connectivity index (χ1n) is 4.74. The number of amides is 1. The van der Waals surface area contributed by atoms with Gasteiger partial charge in [0.05, 0.1) is 0 Å². The van der Waals surface area contributed by atoms with Crippen LogP contribution < -0.4 is 11.2 Å². The van der Waals surface area contributed by atoms with Gasteiger partial charge in [-0.2, -0.15) is 18.7 Å². The number of benzene rings is 1. The summed E-state index contributed by atoms with van der Waals surface area (Å²) in [5.74, 6) is -0.658. The summed E-state index contributed by atoms with van der Waals surface area (Å²) < 4.78 is 35.8.